The van der Waals surface area contributed by atoms with Crippen LogP contribution in [0.3, 0.4) is 0 Å². The number of aliphatic hydroxyl groups excluding tert-OH is 1. The number of methoxy groups -OCH3 is 1. The molecule has 0 bridgehead atoms. The monoisotopic (exact) mass is 523 g/mol. The Hall–Kier alpha value is -3.25. The topological polar surface area (TPSA) is 89.6 Å². The fraction of sp³-hybridized carbons (Fsp3) is 0.469. The van der Waals surface area contributed by atoms with E-state index in [4.69, 9.17) is 9.26 Å². The maximum atomic E-state index is 12.7. The maximum absolute atomic E-state index is 12.7. The van der Waals surface area contributed by atoms with Crippen molar-refractivity contribution in [2.45, 2.75) is 74.8 Å². The molecule has 0 spiro atoms. The fourth-order valence-corrected chi connectivity index (χ4v) is 4.63. The van der Waals surface area contributed by atoms with Gasteiger partial charge in [-0.15, -0.1) is 0 Å². The quantitative estimate of drug-likeness (QED) is 0.250. The van der Waals surface area contributed by atoms with Gasteiger partial charge in [-0.3, -0.25) is 9.59 Å². The predicted molar refractivity (Wildman–Crippen MR) is 154 cm³/mol. The van der Waals surface area contributed by atoms with Crippen molar-refractivity contribution < 1.29 is 24.0 Å². The van der Waals surface area contributed by atoms with Crippen molar-refractivity contribution in [3.8, 4) is 11.3 Å². The highest BCUT2D eigenvalue weighted by molar-refractivity contribution is 6.08. The number of ketones is 2. The second kappa shape index (κ2) is 15.9. The largest absolute Gasteiger partial charge is 0.504 e. The number of aliphatic hydroxyl groups is 1. The Morgan fingerprint density at radius 3 is 2.16 bits per heavy atom. The molecule has 1 aromatic heterocycles. The number of allylic oxidation sites excluding steroid dienone is 4. The molecule has 1 aromatic carbocycles. The molecule has 0 aliphatic heterocycles. The van der Waals surface area contributed by atoms with Crippen LogP contribution < -0.4 is 0 Å². The van der Waals surface area contributed by atoms with Crippen molar-refractivity contribution in [3.05, 3.63) is 76.7 Å². The summed E-state index contributed by atoms with van der Waals surface area (Å²) in [7, 11) is 1.63. The second-order valence-corrected chi connectivity index (χ2v) is 8.91. The molecule has 1 heterocycles. The van der Waals surface area contributed by atoms with Crippen LogP contribution in [0.4, 0.5) is 0 Å². The zero-order valence-corrected chi connectivity index (χ0v) is 24.7. The number of hydrogen-bond donors (Lipinski definition) is 1. The van der Waals surface area contributed by atoms with E-state index in [-0.39, 0.29) is 41.0 Å². The van der Waals surface area contributed by atoms with Crippen LogP contribution in [-0.4, -0.2) is 35.0 Å². The van der Waals surface area contributed by atoms with Gasteiger partial charge in [0.15, 0.2) is 23.1 Å². The van der Waals surface area contributed by atoms with Crippen LogP contribution in [-0.2, 0) is 14.3 Å². The lowest BCUT2D eigenvalue weighted by Crippen LogP contribution is -2.38. The Morgan fingerprint density at radius 2 is 1.68 bits per heavy atom. The molecule has 38 heavy (non-hydrogen) atoms. The average molecular weight is 524 g/mol. The van der Waals surface area contributed by atoms with Gasteiger partial charge in [-0.1, -0.05) is 100 Å². The van der Waals surface area contributed by atoms with Crippen LogP contribution in [0.1, 0.15) is 66.1 Å². The third-order valence-electron chi connectivity index (χ3n) is 6.51. The molecule has 0 amide bonds. The minimum Gasteiger partial charge on any atom is -0.504 e. The number of benzene rings is 1. The number of aromatic nitrogens is 1. The van der Waals surface area contributed by atoms with E-state index in [1.165, 1.54) is 12.5 Å². The summed E-state index contributed by atoms with van der Waals surface area (Å²) in [6, 6.07) is 10.1. The van der Waals surface area contributed by atoms with E-state index in [1.54, 1.807) is 7.11 Å². The van der Waals surface area contributed by atoms with Gasteiger partial charge in [0.1, 0.15) is 0 Å². The Labute approximate surface area is 228 Å². The Balaban J connectivity index is 0.000000363. The van der Waals surface area contributed by atoms with Gasteiger partial charge in [-0.05, 0) is 32.1 Å². The smallest absolute Gasteiger partial charge is 0.194 e. The standard InChI is InChI=1S/C17H22O4.C11H11NO.2C2H6/c1-5-12-9(2)15(16(19)10(3)18)17(20)13-7-6-11(21-4)8-14(12)13;1-8-3-5-10(6-4-8)11-7-9(2)12-13-11;2*1-2/h6-9,11-13,19H,5H2,1-4H3;3-7H,1-2H3;2*1-2H3/b16-15-;;;. The lowest BCUT2D eigenvalue weighted by Gasteiger charge is -2.38. The summed E-state index contributed by atoms with van der Waals surface area (Å²) in [5, 5.41) is 13.9. The lowest BCUT2D eigenvalue weighted by molar-refractivity contribution is -0.121. The molecule has 6 heteroatoms. The Bertz CT molecular complexity index is 1140. The number of nitrogens with zero attached hydrogens (tertiary/aromatic N) is 1. The van der Waals surface area contributed by atoms with Gasteiger partial charge >= 0.3 is 0 Å². The molecule has 2 aliphatic rings. The summed E-state index contributed by atoms with van der Waals surface area (Å²) in [5.74, 6) is -0.595. The van der Waals surface area contributed by atoms with Crippen LogP contribution >= 0.6 is 0 Å². The van der Waals surface area contributed by atoms with E-state index >= 15 is 0 Å². The SMILES string of the molecule is CC.CC.CCC1C2=CC(OC)C=CC2C(=O)/C(=C(\O)C(C)=O)C1C.Cc1ccc(-c2cc(C)no2)cc1. The molecule has 4 rings (SSSR count). The molecule has 4 atom stereocenters. The highest BCUT2D eigenvalue weighted by Gasteiger charge is 2.43. The van der Waals surface area contributed by atoms with E-state index in [9.17, 15) is 14.7 Å². The first-order valence-corrected chi connectivity index (χ1v) is 13.6. The van der Waals surface area contributed by atoms with Crippen molar-refractivity contribution in [1.82, 2.24) is 5.16 Å². The van der Waals surface area contributed by atoms with Gasteiger partial charge in [0.05, 0.1) is 17.7 Å². The molecule has 2 aliphatic carbocycles. The van der Waals surface area contributed by atoms with Crippen molar-refractivity contribution in [2.75, 3.05) is 7.11 Å². The Morgan fingerprint density at radius 1 is 1.08 bits per heavy atom. The summed E-state index contributed by atoms with van der Waals surface area (Å²) in [4.78, 5) is 24.1. The Kier molecular flexibility index (Phi) is 13.7. The maximum Gasteiger partial charge on any atom is 0.194 e. The van der Waals surface area contributed by atoms with Crippen LogP contribution in [0, 0.1) is 31.6 Å². The first kappa shape index (κ1) is 32.8. The highest BCUT2D eigenvalue weighted by Crippen LogP contribution is 2.44. The molecule has 1 fully saturated rings. The third-order valence-corrected chi connectivity index (χ3v) is 6.51. The van der Waals surface area contributed by atoms with Crippen molar-refractivity contribution in [3.63, 3.8) is 0 Å². The molecule has 2 aromatic rings. The number of hydrogen-bond acceptors (Lipinski definition) is 6. The first-order valence-electron chi connectivity index (χ1n) is 13.6. The summed E-state index contributed by atoms with van der Waals surface area (Å²) >= 11 is 0. The normalized spacial score (nSPS) is 22.8. The summed E-state index contributed by atoms with van der Waals surface area (Å²) in [6.45, 7) is 17.2. The van der Waals surface area contributed by atoms with Crippen molar-refractivity contribution in [1.29, 1.82) is 0 Å². The second-order valence-electron chi connectivity index (χ2n) is 8.91. The average Bonchev–Trinajstić information content (AvgIpc) is 3.37. The molecular weight excluding hydrogens is 478 g/mol. The van der Waals surface area contributed by atoms with Crippen LogP contribution in [0.2, 0.25) is 0 Å². The number of ether oxygens (including phenoxy) is 1. The number of carbonyl (C=O) groups excluding carboxylic acids is 2. The molecular formula is C32H45NO5. The molecule has 208 valence electrons. The molecule has 0 radical (unpaired) electrons. The summed E-state index contributed by atoms with van der Waals surface area (Å²) in [6.07, 6.45) is 6.40. The zero-order valence-electron chi connectivity index (χ0n) is 24.7. The van der Waals surface area contributed by atoms with E-state index < -0.39 is 5.78 Å². The molecule has 1 saturated carbocycles. The van der Waals surface area contributed by atoms with Gasteiger partial charge < -0.3 is 14.4 Å². The van der Waals surface area contributed by atoms with Crippen molar-refractivity contribution >= 4 is 11.6 Å². The number of aryl methyl sites for hydroxylation is 2. The van der Waals surface area contributed by atoms with Gasteiger partial charge in [-0.2, -0.15) is 0 Å². The molecule has 0 saturated heterocycles. The number of Topliss-reactive ketones (excluding diaryl/α,β-unsaturated/α-hetero) is 2. The highest BCUT2D eigenvalue weighted by atomic mass is 16.5. The predicted octanol–water partition coefficient (Wildman–Crippen LogP) is 7.77. The summed E-state index contributed by atoms with van der Waals surface area (Å²) in [5.41, 5.74) is 4.56. The number of carbonyl (C=O) groups is 2. The summed E-state index contributed by atoms with van der Waals surface area (Å²) < 4.78 is 10.5. The molecule has 6 nitrogen and oxygen atoms in total. The van der Waals surface area contributed by atoms with Crippen LogP contribution in [0.25, 0.3) is 11.3 Å². The minimum atomic E-state index is -0.456. The van der Waals surface area contributed by atoms with E-state index in [1.807, 2.05) is 78.0 Å². The van der Waals surface area contributed by atoms with Gasteiger partial charge in [-0.25, -0.2) is 0 Å². The van der Waals surface area contributed by atoms with Crippen LogP contribution in [0.15, 0.2) is 70.0 Å². The first-order chi connectivity index (χ1) is 18.2. The zero-order chi connectivity index (χ0) is 29.0. The van der Waals surface area contributed by atoms with E-state index in [0.717, 1.165) is 29.0 Å². The van der Waals surface area contributed by atoms with Gasteiger partial charge in [0.2, 0.25) is 0 Å². The van der Waals surface area contributed by atoms with Gasteiger partial charge in [0, 0.05) is 31.2 Å². The minimum absolute atomic E-state index is 0.114. The number of rotatable bonds is 4. The molecule has 1 N–H and O–H groups in total. The van der Waals surface area contributed by atoms with Gasteiger partial charge in [0.25, 0.3) is 0 Å². The van der Waals surface area contributed by atoms with E-state index in [0.29, 0.717) is 0 Å². The van der Waals surface area contributed by atoms with Crippen LogP contribution in [0.5, 0.6) is 0 Å². The fourth-order valence-electron chi connectivity index (χ4n) is 4.63. The van der Waals surface area contributed by atoms with Crippen molar-refractivity contribution in [2.24, 2.45) is 17.8 Å². The number of fused-ring (bicyclic) bond motifs is 1. The molecule has 4 unspecified atom stereocenters. The van der Waals surface area contributed by atoms with E-state index in [2.05, 4.69) is 31.1 Å². The third kappa shape index (κ3) is 7.87. The lowest BCUT2D eigenvalue weighted by atomic mass is 9.64.